The van der Waals surface area contributed by atoms with Crippen molar-refractivity contribution >= 4 is 51.2 Å². The molecule has 6 aromatic rings. The van der Waals surface area contributed by atoms with Gasteiger partial charge in [0, 0.05) is 46.2 Å². The molecule has 0 radical (unpaired) electrons. The Bertz CT molecular complexity index is 1810. The number of nitrogens with one attached hydrogen (secondary N) is 2. The normalized spacial score (nSPS) is 12.1. The fraction of sp³-hybridized carbons (Fsp3) is 0.182. The summed E-state index contributed by atoms with van der Waals surface area (Å²) in [5, 5.41) is 5.08. The molecule has 0 aliphatic rings. The van der Waals surface area contributed by atoms with Crippen LogP contribution in [0.5, 0.6) is 0 Å². The lowest BCUT2D eigenvalue weighted by Crippen LogP contribution is -2.32. The number of carbonyl (C=O) groups is 1. The first-order valence-corrected chi connectivity index (χ1v) is 15.1. The highest BCUT2D eigenvalue weighted by molar-refractivity contribution is 7.99. The van der Waals surface area contributed by atoms with Gasteiger partial charge in [0.15, 0.2) is 0 Å². The Morgan fingerprint density at radius 1 is 1.05 bits per heavy atom. The van der Waals surface area contributed by atoms with E-state index in [1.807, 2.05) is 54.4 Å². The summed E-state index contributed by atoms with van der Waals surface area (Å²) in [6.07, 6.45) is 5.31. The third-order valence-electron chi connectivity index (χ3n) is 7.07. The van der Waals surface area contributed by atoms with E-state index in [0.29, 0.717) is 23.7 Å². The number of H-pyrrole nitrogens is 1. The number of hydrogen-bond donors (Lipinski definition) is 2. The van der Waals surface area contributed by atoms with Crippen LogP contribution in [0.15, 0.2) is 102 Å². The molecule has 3 aromatic carbocycles. The number of fused-ring (bicyclic) bond motifs is 2. The largest absolute Gasteiger partial charge is 0.361 e. The lowest BCUT2D eigenvalue weighted by atomic mass is 10.0. The van der Waals surface area contributed by atoms with E-state index in [4.69, 9.17) is 16.6 Å². The van der Waals surface area contributed by atoms with Gasteiger partial charge in [0.1, 0.15) is 11.5 Å². The Kier molecular flexibility index (Phi) is 8.07. The Morgan fingerprint density at radius 3 is 2.76 bits per heavy atom. The number of hydrogen-bond acceptors (Lipinski definition) is 4. The number of carbonyl (C=O) groups excluding carboxylic acids is 1. The van der Waals surface area contributed by atoms with E-state index >= 15 is 0 Å². The molecule has 3 aromatic heterocycles. The molecule has 0 saturated heterocycles. The second-order valence-corrected chi connectivity index (χ2v) is 11.6. The van der Waals surface area contributed by atoms with E-state index < -0.39 is 6.04 Å². The van der Waals surface area contributed by atoms with Gasteiger partial charge in [0.25, 0.3) is 5.91 Å². The second kappa shape index (κ2) is 12.2. The maximum absolute atomic E-state index is 13.5. The minimum absolute atomic E-state index is 0.240. The molecule has 1 atom stereocenters. The number of aromatic nitrogens is 4. The zero-order valence-corrected chi connectivity index (χ0v) is 24.3. The quantitative estimate of drug-likeness (QED) is 0.162. The number of aromatic amines is 1. The van der Waals surface area contributed by atoms with Crippen molar-refractivity contribution in [3.8, 4) is 0 Å². The maximum Gasteiger partial charge on any atom is 0.270 e. The number of para-hydroxylation sites is 1. The first-order chi connectivity index (χ1) is 20.1. The van der Waals surface area contributed by atoms with Gasteiger partial charge in [0.05, 0.1) is 17.1 Å². The summed E-state index contributed by atoms with van der Waals surface area (Å²) in [7, 11) is 0. The van der Waals surface area contributed by atoms with Crippen LogP contribution in [0.1, 0.15) is 46.8 Å². The molecule has 8 heteroatoms. The zero-order chi connectivity index (χ0) is 28.2. The third-order valence-corrected chi connectivity index (χ3v) is 8.50. The standard InChI is InChI=1S/C33H30ClN5OS/c1-2-16-41-25-13-14-31-29(19-25)37-32(39(31)21-22-8-7-9-24(34)17-22)30(38-33(40)28-12-5-6-15-35-28)18-23-20-36-27-11-4-3-10-26(23)27/h3-15,17,19-20,30,36H,2,16,18,21H2,1H3,(H,38,40). The minimum atomic E-state index is -0.415. The number of thioether (sulfide) groups is 1. The number of rotatable bonds is 10. The third kappa shape index (κ3) is 6.01. The molecule has 1 amide bonds. The Balaban J connectivity index is 1.47. The molecular formula is C33H30ClN5OS. The van der Waals surface area contributed by atoms with Crippen LogP contribution >= 0.6 is 23.4 Å². The second-order valence-electron chi connectivity index (χ2n) is 9.99. The average Bonchev–Trinajstić information content (AvgIpc) is 3.57. The smallest absolute Gasteiger partial charge is 0.270 e. The number of halogens is 1. The molecule has 206 valence electrons. The first-order valence-electron chi connectivity index (χ1n) is 13.7. The highest BCUT2D eigenvalue weighted by Gasteiger charge is 2.25. The average molecular weight is 580 g/mol. The molecule has 0 aliphatic heterocycles. The van der Waals surface area contributed by atoms with Gasteiger partial charge < -0.3 is 14.9 Å². The van der Waals surface area contributed by atoms with Crippen LogP contribution in [-0.4, -0.2) is 31.2 Å². The summed E-state index contributed by atoms with van der Waals surface area (Å²) in [5.74, 6) is 1.59. The number of benzene rings is 3. The van der Waals surface area contributed by atoms with E-state index in [1.54, 1.807) is 18.3 Å². The van der Waals surface area contributed by atoms with Crippen molar-refractivity contribution in [2.24, 2.45) is 0 Å². The molecule has 1 unspecified atom stereocenters. The van der Waals surface area contributed by atoms with E-state index in [9.17, 15) is 4.79 Å². The molecule has 0 aliphatic carbocycles. The SMILES string of the molecule is CCCSc1ccc2c(c1)nc(C(Cc1c[nH]c3ccccc13)NC(=O)c1ccccn1)n2Cc1cccc(Cl)c1. The van der Waals surface area contributed by atoms with E-state index in [2.05, 4.69) is 63.2 Å². The lowest BCUT2D eigenvalue weighted by Gasteiger charge is -2.20. The predicted molar refractivity (Wildman–Crippen MR) is 168 cm³/mol. The summed E-state index contributed by atoms with van der Waals surface area (Å²) in [4.78, 5) is 27.5. The molecule has 3 heterocycles. The van der Waals surface area contributed by atoms with Gasteiger partial charge in [-0.05, 0) is 71.8 Å². The van der Waals surface area contributed by atoms with E-state index in [0.717, 1.165) is 51.1 Å². The van der Waals surface area contributed by atoms with Gasteiger partial charge in [0.2, 0.25) is 0 Å². The van der Waals surface area contributed by atoms with Crippen LogP contribution in [0.2, 0.25) is 5.02 Å². The molecule has 6 rings (SSSR count). The predicted octanol–water partition coefficient (Wildman–Crippen LogP) is 7.83. The minimum Gasteiger partial charge on any atom is -0.361 e. The Labute approximate surface area is 248 Å². The lowest BCUT2D eigenvalue weighted by molar-refractivity contribution is 0.0929. The highest BCUT2D eigenvalue weighted by Crippen LogP contribution is 2.31. The van der Waals surface area contributed by atoms with Crippen LogP contribution in [0.4, 0.5) is 0 Å². The van der Waals surface area contributed by atoms with Crippen molar-refractivity contribution in [3.05, 3.63) is 125 Å². The fourth-order valence-electron chi connectivity index (χ4n) is 5.14. The number of amides is 1. The molecule has 0 fully saturated rings. The van der Waals surface area contributed by atoms with Crippen molar-refractivity contribution < 1.29 is 4.79 Å². The summed E-state index contributed by atoms with van der Waals surface area (Å²) in [5.41, 5.74) is 5.50. The van der Waals surface area contributed by atoms with Crippen molar-refractivity contribution in [2.45, 2.75) is 37.2 Å². The van der Waals surface area contributed by atoms with E-state index in [-0.39, 0.29) is 5.91 Å². The van der Waals surface area contributed by atoms with Crippen molar-refractivity contribution in [1.82, 2.24) is 24.8 Å². The van der Waals surface area contributed by atoms with Gasteiger partial charge in [-0.2, -0.15) is 0 Å². The number of pyridine rings is 1. The zero-order valence-electron chi connectivity index (χ0n) is 22.7. The van der Waals surface area contributed by atoms with Crippen molar-refractivity contribution in [1.29, 1.82) is 0 Å². The van der Waals surface area contributed by atoms with Gasteiger partial charge in [-0.25, -0.2) is 4.98 Å². The summed E-state index contributed by atoms with van der Waals surface area (Å²) < 4.78 is 2.20. The van der Waals surface area contributed by atoms with E-state index in [1.165, 1.54) is 4.90 Å². The molecule has 0 spiro atoms. The summed E-state index contributed by atoms with van der Waals surface area (Å²) >= 11 is 8.20. The number of nitrogens with zero attached hydrogens (tertiary/aromatic N) is 3. The van der Waals surface area contributed by atoms with Crippen molar-refractivity contribution in [2.75, 3.05) is 5.75 Å². The molecule has 0 saturated carbocycles. The van der Waals surface area contributed by atoms with Crippen LogP contribution in [0.25, 0.3) is 21.9 Å². The number of imidazole rings is 1. The van der Waals surface area contributed by atoms with Crippen LogP contribution < -0.4 is 5.32 Å². The molecule has 0 bridgehead atoms. The van der Waals surface area contributed by atoms with Gasteiger partial charge in [-0.15, -0.1) is 11.8 Å². The Hall–Kier alpha value is -4.07. The van der Waals surface area contributed by atoms with Crippen LogP contribution in [-0.2, 0) is 13.0 Å². The van der Waals surface area contributed by atoms with Crippen molar-refractivity contribution in [3.63, 3.8) is 0 Å². The van der Waals surface area contributed by atoms with Gasteiger partial charge >= 0.3 is 0 Å². The topological polar surface area (TPSA) is 75.6 Å². The maximum atomic E-state index is 13.5. The molecule has 2 N–H and O–H groups in total. The highest BCUT2D eigenvalue weighted by atomic mass is 35.5. The molecular weight excluding hydrogens is 550 g/mol. The van der Waals surface area contributed by atoms with Gasteiger partial charge in [-0.3, -0.25) is 9.78 Å². The summed E-state index contributed by atoms with van der Waals surface area (Å²) in [6.45, 7) is 2.75. The fourth-order valence-corrected chi connectivity index (χ4v) is 6.16. The first kappa shape index (κ1) is 27.1. The van der Waals surface area contributed by atoms with Gasteiger partial charge in [-0.1, -0.05) is 54.9 Å². The van der Waals surface area contributed by atoms with Crippen LogP contribution in [0.3, 0.4) is 0 Å². The van der Waals surface area contributed by atoms with Crippen LogP contribution in [0, 0.1) is 0 Å². The summed E-state index contributed by atoms with van der Waals surface area (Å²) in [6, 6.07) is 27.5. The molecule has 6 nitrogen and oxygen atoms in total. The monoisotopic (exact) mass is 579 g/mol. The Morgan fingerprint density at radius 2 is 1.93 bits per heavy atom. The molecule has 41 heavy (non-hydrogen) atoms.